The third kappa shape index (κ3) is 1.47. The van der Waals surface area contributed by atoms with Gasteiger partial charge in [0.15, 0.2) is 0 Å². The number of hydrogen-bond acceptors (Lipinski definition) is 2. The van der Waals surface area contributed by atoms with Gasteiger partial charge in [0.25, 0.3) is 0 Å². The molecular formula is C13H15NO2. The van der Waals surface area contributed by atoms with Crippen LogP contribution in [0.1, 0.15) is 18.4 Å². The average molecular weight is 217 g/mol. The molecule has 0 atom stereocenters. The summed E-state index contributed by atoms with van der Waals surface area (Å²) in [5, 5.41) is 12.4. The third-order valence-electron chi connectivity index (χ3n) is 3.86. The molecule has 16 heavy (non-hydrogen) atoms. The summed E-state index contributed by atoms with van der Waals surface area (Å²) in [7, 11) is 0. The van der Waals surface area contributed by atoms with E-state index in [-0.39, 0.29) is 17.2 Å². The van der Waals surface area contributed by atoms with E-state index in [0.717, 1.165) is 31.4 Å². The molecular weight excluding hydrogens is 202 g/mol. The van der Waals surface area contributed by atoms with E-state index >= 15 is 0 Å². The van der Waals surface area contributed by atoms with Crippen molar-refractivity contribution in [3.63, 3.8) is 0 Å². The van der Waals surface area contributed by atoms with Crippen LogP contribution in [0.15, 0.2) is 24.3 Å². The van der Waals surface area contributed by atoms with Gasteiger partial charge in [-0.05, 0) is 42.4 Å². The SMILES string of the molecule is O=C1NCC2(Cc3cccc(O)c3)CC1C2. The van der Waals surface area contributed by atoms with Crippen LogP contribution < -0.4 is 5.32 Å². The van der Waals surface area contributed by atoms with E-state index in [4.69, 9.17) is 0 Å². The number of phenolic OH excluding ortho intramolecular Hbond substituents is 1. The molecule has 1 aromatic rings. The third-order valence-corrected chi connectivity index (χ3v) is 3.86. The van der Waals surface area contributed by atoms with E-state index in [9.17, 15) is 9.90 Å². The molecule has 0 spiro atoms. The van der Waals surface area contributed by atoms with E-state index < -0.39 is 0 Å². The molecule has 2 aliphatic heterocycles. The molecule has 2 N–H and O–H groups in total. The number of aromatic hydroxyl groups is 1. The highest BCUT2D eigenvalue weighted by atomic mass is 16.3. The van der Waals surface area contributed by atoms with Crippen LogP contribution in [0.3, 0.4) is 0 Å². The van der Waals surface area contributed by atoms with Crippen LogP contribution >= 0.6 is 0 Å². The maximum atomic E-state index is 11.3. The lowest BCUT2D eigenvalue weighted by Gasteiger charge is -2.51. The fourth-order valence-electron chi connectivity index (χ4n) is 3.04. The summed E-state index contributed by atoms with van der Waals surface area (Å²) in [5.74, 6) is 0.786. The van der Waals surface area contributed by atoms with Crippen molar-refractivity contribution in [3.05, 3.63) is 29.8 Å². The molecule has 84 valence electrons. The largest absolute Gasteiger partial charge is 0.508 e. The molecule has 2 bridgehead atoms. The Labute approximate surface area is 94.5 Å². The number of benzene rings is 1. The maximum absolute atomic E-state index is 11.3. The molecule has 3 nitrogen and oxygen atoms in total. The number of carbonyl (C=O) groups is 1. The summed E-state index contributed by atoms with van der Waals surface area (Å²) >= 11 is 0. The predicted octanol–water partition coefficient (Wildman–Crippen LogP) is 1.46. The Balaban J connectivity index is 1.75. The lowest BCUT2D eigenvalue weighted by Crippen LogP contribution is -2.58. The van der Waals surface area contributed by atoms with Crippen LogP contribution in [0, 0.1) is 11.3 Å². The Kier molecular flexibility index (Phi) is 1.96. The number of hydrogen-bond donors (Lipinski definition) is 2. The van der Waals surface area contributed by atoms with Crippen molar-refractivity contribution in [2.24, 2.45) is 11.3 Å². The monoisotopic (exact) mass is 217 g/mol. The first kappa shape index (κ1) is 9.70. The Morgan fingerprint density at radius 1 is 1.44 bits per heavy atom. The fraction of sp³-hybridized carbons (Fsp3) is 0.462. The molecule has 0 unspecified atom stereocenters. The Bertz CT molecular complexity index is 430. The van der Waals surface area contributed by atoms with Gasteiger partial charge in [0.1, 0.15) is 5.75 Å². The highest BCUT2D eigenvalue weighted by molar-refractivity contribution is 5.81. The molecule has 0 aromatic heterocycles. The summed E-state index contributed by atoms with van der Waals surface area (Å²) in [6, 6.07) is 7.42. The van der Waals surface area contributed by atoms with Gasteiger partial charge < -0.3 is 10.4 Å². The Hall–Kier alpha value is -1.51. The lowest BCUT2D eigenvalue weighted by atomic mass is 9.57. The number of carbonyl (C=O) groups excluding carboxylic acids is 1. The molecule has 3 heteroatoms. The second-order valence-electron chi connectivity index (χ2n) is 5.17. The number of phenols is 1. The highest BCUT2D eigenvalue weighted by Crippen LogP contribution is 2.50. The molecule has 2 saturated heterocycles. The average Bonchev–Trinajstić information content (AvgIpc) is 2.19. The quantitative estimate of drug-likeness (QED) is 0.788. The molecule has 1 amide bonds. The van der Waals surface area contributed by atoms with Crippen LogP contribution in [0.5, 0.6) is 5.75 Å². The summed E-state index contributed by atoms with van der Waals surface area (Å²) in [5.41, 5.74) is 1.42. The van der Waals surface area contributed by atoms with Gasteiger partial charge in [-0.15, -0.1) is 0 Å². The molecule has 1 aliphatic carbocycles. The van der Waals surface area contributed by atoms with E-state index in [2.05, 4.69) is 5.32 Å². The minimum Gasteiger partial charge on any atom is -0.508 e. The summed E-state index contributed by atoms with van der Waals surface area (Å²) in [4.78, 5) is 11.3. The van der Waals surface area contributed by atoms with E-state index in [1.165, 1.54) is 0 Å². The van der Waals surface area contributed by atoms with Crippen molar-refractivity contribution in [1.82, 2.24) is 5.32 Å². The van der Waals surface area contributed by atoms with Crippen LogP contribution in [0.4, 0.5) is 0 Å². The van der Waals surface area contributed by atoms with Gasteiger partial charge in [0.05, 0.1) is 0 Å². The molecule has 4 rings (SSSR count). The lowest BCUT2D eigenvalue weighted by molar-refractivity contribution is -0.140. The van der Waals surface area contributed by atoms with Crippen LogP contribution in [-0.4, -0.2) is 17.6 Å². The molecule has 0 radical (unpaired) electrons. The number of amides is 1. The smallest absolute Gasteiger partial charge is 0.223 e. The van der Waals surface area contributed by atoms with Gasteiger partial charge in [-0.2, -0.15) is 0 Å². The highest BCUT2D eigenvalue weighted by Gasteiger charge is 2.51. The first-order valence-electron chi connectivity index (χ1n) is 5.73. The topological polar surface area (TPSA) is 49.3 Å². The first-order chi connectivity index (χ1) is 7.67. The summed E-state index contributed by atoms with van der Waals surface area (Å²) < 4.78 is 0. The number of fused-ring (bicyclic) bond motifs is 2. The van der Waals surface area contributed by atoms with Gasteiger partial charge in [-0.25, -0.2) is 0 Å². The van der Waals surface area contributed by atoms with Gasteiger partial charge in [0, 0.05) is 12.5 Å². The normalized spacial score (nSPS) is 31.8. The molecule has 1 aromatic carbocycles. The van der Waals surface area contributed by atoms with Gasteiger partial charge in [-0.3, -0.25) is 4.79 Å². The second kappa shape index (κ2) is 3.24. The minimum absolute atomic E-state index is 0.220. The zero-order chi connectivity index (χ0) is 11.2. The van der Waals surface area contributed by atoms with Gasteiger partial charge >= 0.3 is 0 Å². The van der Waals surface area contributed by atoms with Crippen molar-refractivity contribution >= 4 is 5.91 Å². The minimum atomic E-state index is 0.220. The van der Waals surface area contributed by atoms with Crippen molar-refractivity contribution < 1.29 is 9.90 Å². The molecule has 1 saturated carbocycles. The van der Waals surface area contributed by atoms with E-state index in [0.29, 0.717) is 5.75 Å². The zero-order valence-corrected chi connectivity index (χ0v) is 9.07. The summed E-state index contributed by atoms with van der Waals surface area (Å²) in [6.45, 7) is 0.790. The standard InChI is InChI=1S/C13H15NO2/c15-11-3-1-2-9(4-11)5-13-6-10(7-13)12(16)14-8-13/h1-4,10,15H,5-8H2,(H,14,16). The van der Waals surface area contributed by atoms with Crippen molar-refractivity contribution in [2.45, 2.75) is 19.3 Å². The van der Waals surface area contributed by atoms with E-state index in [1.54, 1.807) is 6.07 Å². The zero-order valence-electron chi connectivity index (χ0n) is 9.07. The van der Waals surface area contributed by atoms with Crippen LogP contribution in [-0.2, 0) is 11.2 Å². The van der Waals surface area contributed by atoms with Gasteiger partial charge in [0.2, 0.25) is 5.91 Å². The molecule has 2 heterocycles. The first-order valence-corrected chi connectivity index (χ1v) is 5.73. The second-order valence-corrected chi connectivity index (χ2v) is 5.17. The number of nitrogens with one attached hydrogen (secondary N) is 1. The van der Waals surface area contributed by atoms with Crippen molar-refractivity contribution in [2.75, 3.05) is 6.54 Å². The van der Waals surface area contributed by atoms with Crippen molar-refractivity contribution in [3.8, 4) is 5.75 Å². The Morgan fingerprint density at radius 2 is 2.25 bits per heavy atom. The number of piperidine rings is 2. The maximum Gasteiger partial charge on any atom is 0.223 e. The van der Waals surface area contributed by atoms with Crippen LogP contribution in [0.25, 0.3) is 0 Å². The van der Waals surface area contributed by atoms with Crippen molar-refractivity contribution in [1.29, 1.82) is 0 Å². The molecule has 3 fully saturated rings. The summed E-state index contributed by atoms with van der Waals surface area (Å²) in [6.07, 6.45) is 2.97. The van der Waals surface area contributed by atoms with Crippen LogP contribution in [0.2, 0.25) is 0 Å². The Morgan fingerprint density at radius 3 is 2.88 bits per heavy atom. The number of rotatable bonds is 2. The molecule has 3 aliphatic rings. The fourth-order valence-corrected chi connectivity index (χ4v) is 3.04. The van der Waals surface area contributed by atoms with E-state index in [1.807, 2.05) is 18.2 Å². The predicted molar refractivity (Wildman–Crippen MR) is 60.0 cm³/mol. The van der Waals surface area contributed by atoms with Gasteiger partial charge in [-0.1, -0.05) is 12.1 Å².